The smallest absolute Gasteiger partial charge is 0.227 e. The van der Waals surface area contributed by atoms with Crippen LogP contribution in [-0.2, 0) is 16.1 Å². The number of methoxy groups -OCH3 is 1. The average Bonchev–Trinajstić information content (AvgIpc) is 3.15. The normalized spacial score (nSPS) is 22.2. The predicted molar refractivity (Wildman–Crippen MR) is 105 cm³/mol. The molecule has 27 heavy (non-hydrogen) atoms. The van der Waals surface area contributed by atoms with Crippen molar-refractivity contribution < 1.29 is 14.3 Å². The highest BCUT2D eigenvalue weighted by Crippen LogP contribution is 2.38. The van der Waals surface area contributed by atoms with E-state index >= 15 is 0 Å². The van der Waals surface area contributed by atoms with Crippen LogP contribution in [-0.4, -0.2) is 48.4 Å². The van der Waals surface area contributed by atoms with Crippen molar-refractivity contribution in [1.29, 1.82) is 0 Å². The van der Waals surface area contributed by atoms with Crippen molar-refractivity contribution in [3.63, 3.8) is 0 Å². The highest BCUT2D eigenvalue weighted by Gasteiger charge is 2.40. The SMILES string of the molecule is CCC1(CC)CCN(C(=O)[C@H]2CCC(=O)N(Cc3ccccc3OC)C2)C1. The Balaban J connectivity index is 1.66. The lowest BCUT2D eigenvalue weighted by molar-refractivity contribution is -0.143. The lowest BCUT2D eigenvalue weighted by Crippen LogP contribution is -2.46. The van der Waals surface area contributed by atoms with E-state index in [1.807, 2.05) is 29.2 Å². The molecule has 2 heterocycles. The number of amides is 2. The number of nitrogens with zero attached hydrogens (tertiary/aromatic N) is 2. The van der Waals surface area contributed by atoms with E-state index in [9.17, 15) is 9.59 Å². The van der Waals surface area contributed by atoms with Crippen molar-refractivity contribution >= 4 is 11.8 Å². The van der Waals surface area contributed by atoms with Gasteiger partial charge in [0.25, 0.3) is 0 Å². The third-order valence-corrected chi connectivity index (χ3v) is 6.65. The maximum Gasteiger partial charge on any atom is 0.227 e. The monoisotopic (exact) mass is 372 g/mol. The molecule has 2 amide bonds. The summed E-state index contributed by atoms with van der Waals surface area (Å²) in [5, 5.41) is 0. The second kappa shape index (κ2) is 8.32. The number of piperidine rings is 1. The Morgan fingerprint density at radius 1 is 1.26 bits per heavy atom. The highest BCUT2D eigenvalue weighted by atomic mass is 16.5. The molecule has 0 radical (unpaired) electrons. The second-order valence-electron chi connectivity index (χ2n) is 8.04. The van der Waals surface area contributed by atoms with Crippen molar-refractivity contribution in [2.45, 2.75) is 52.5 Å². The Bertz CT molecular complexity index is 684. The molecule has 1 atom stereocenters. The van der Waals surface area contributed by atoms with Crippen LogP contribution in [0.25, 0.3) is 0 Å². The van der Waals surface area contributed by atoms with E-state index in [1.165, 1.54) is 0 Å². The van der Waals surface area contributed by atoms with Gasteiger partial charge in [0.2, 0.25) is 11.8 Å². The molecule has 0 saturated carbocycles. The molecule has 0 aliphatic carbocycles. The zero-order valence-corrected chi connectivity index (χ0v) is 16.9. The molecule has 0 aromatic heterocycles. The fourth-order valence-corrected chi connectivity index (χ4v) is 4.52. The number of ether oxygens (including phenoxy) is 1. The van der Waals surface area contributed by atoms with Crippen molar-refractivity contribution in [1.82, 2.24) is 9.80 Å². The molecule has 0 bridgehead atoms. The Labute approximate surface area is 162 Å². The Morgan fingerprint density at radius 2 is 2.00 bits per heavy atom. The van der Waals surface area contributed by atoms with Gasteiger partial charge in [-0.15, -0.1) is 0 Å². The molecule has 1 aromatic carbocycles. The van der Waals surface area contributed by atoms with Crippen LogP contribution in [0, 0.1) is 11.3 Å². The van der Waals surface area contributed by atoms with Gasteiger partial charge in [-0.1, -0.05) is 32.0 Å². The summed E-state index contributed by atoms with van der Waals surface area (Å²) in [4.78, 5) is 29.4. The molecule has 0 unspecified atom stereocenters. The number of hydrogen-bond acceptors (Lipinski definition) is 3. The summed E-state index contributed by atoms with van der Waals surface area (Å²) < 4.78 is 5.41. The first kappa shape index (κ1) is 19.7. The van der Waals surface area contributed by atoms with Gasteiger partial charge in [0.05, 0.1) is 13.0 Å². The van der Waals surface area contributed by atoms with Crippen LogP contribution in [0.2, 0.25) is 0 Å². The lowest BCUT2D eigenvalue weighted by Gasteiger charge is -2.34. The van der Waals surface area contributed by atoms with Gasteiger partial charge in [0.1, 0.15) is 5.75 Å². The second-order valence-corrected chi connectivity index (χ2v) is 8.04. The number of benzene rings is 1. The number of likely N-dealkylation sites (tertiary alicyclic amines) is 2. The Morgan fingerprint density at radius 3 is 2.67 bits per heavy atom. The molecule has 148 valence electrons. The highest BCUT2D eigenvalue weighted by molar-refractivity contribution is 5.84. The van der Waals surface area contributed by atoms with Gasteiger partial charge < -0.3 is 14.5 Å². The minimum atomic E-state index is -0.0816. The van der Waals surface area contributed by atoms with E-state index < -0.39 is 0 Å². The summed E-state index contributed by atoms with van der Waals surface area (Å²) >= 11 is 0. The molecule has 0 N–H and O–H groups in total. The molecular weight excluding hydrogens is 340 g/mol. The molecule has 2 aliphatic rings. The predicted octanol–water partition coefficient (Wildman–Crippen LogP) is 3.47. The summed E-state index contributed by atoms with van der Waals surface area (Å²) in [5.74, 6) is 1.06. The molecular formula is C22H32N2O3. The van der Waals surface area contributed by atoms with Gasteiger partial charge in [0, 0.05) is 38.2 Å². The zero-order chi connectivity index (χ0) is 19.4. The summed E-state index contributed by atoms with van der Waals surface area (Å²) in [6.07, 6.45) is 4.46. The van der Waals surface area contributed by atoms with E-state index in [1.54, 1.807) is 7.11 Å². The maximum absolute atomic E-state index is 13.1. The molecule has 2 saturated heterocycles. The Kier molecular flexibility index (Phi) is 6.08. The van der Waals surface area contributed by atoms with Crippen LogP contribution < -0.4 is 4.74 Å². The standard InChI is InChI=1S/C22H32N2O3/c1-4-22(5-2)12-13-23(16-22)21(26)18-10-11-20(25)24(15-18)14-17-8-6-7-9-19(17)27-3/h6-9,18H,4-5,10-16H2,1-3H3/t18-/m0/s1. The van der Waals surface area contributed by atoms with Gasteiger partial charge in [0.15, 0.2) is 0 Å². The molecule has 5 nitrogen and oxygen atoms in total. The van der Waals surface area contributed by atoms with Crippen LogP contribution in [0.5, 0.6) is 5.75 Å². The van der Waals surface area contributed by atoms with Gasteiger partial charge in [-0.05, 0) is 37.2 Å². The van der Waals surface area contributed by atoms with Crippen molar-refractivity contribution in [3.8, 4) is 5.75 Å². The quantitative estimate of drug-likeness (QED) is 0.768. The number of carbonyl (C=O) groups is 2. The fourth-order valence-electron chi connectivity index (χ4n) is 4.52. The first-order valence-corrected chi connectivity index (χ1v) is 10.2. The van der Waals surface area contributed by atoms with Gasteiger partial charge in [-0.2, -0.15) is 0 Å². The number of hydrogen-bond donors (Lipinski definition) is 0. The largest absolute Gasteiger partial charge is 0.496 e. The Hall–Kier alpha value is -2.04. The van der Waals surface area contributed by atoms with Gasteiger partial charge >= 0.3 is 0 Å². The average molecular weight is 373 g/mol. The third kappa shape index (κ3) is 4.12. The molecule has 1 aromatic rings. The number of para-hydroxylation sites is 1. The minimum Gasteiger partial charge on any atom is -0.496 e. The van der Waals surface area contributed by atoms with Gasteiger partial charge in [-0.25, -0.2) is 0 Å². The number of carbonyl (C=O) groups excluding carboxylic acids is 2. The summed E-state index contributed by atoms with van der Waals surface area (Å²) in [7, 11) is 1.64. The topological polar surface area (TPSA) is 49.9 Å². The zero-order valence-electron chi connectivity index (χ0n) is 16.9. The lowest BCUT2D eigenvalue weighted by atomic mass is 9.82. The van der Waals surface area contributed by atoms with Crippen LogP contribution >= 0.6 is 0 Å². The molecule has 5 heteroatoms. The molecule has 0 spiro atoms. The van der Waals surface area contributed by atoms with Crippen molar-refractivity contribution in [2.75, 3.05) is 26.7 Å². The van der Waals surface area contributed by atoms with Crippen LogP contribution in [0.3, 0.4) is 0 Å². The summed E-state index contributed by atoms with van der Waals surface area (Å²) in [6, 6.07) is 7.77. The van der Waals surface area contributed by atoms with E-state index in [0.29, 0.717) is 25.9 Å². The fraction of sp³-hybridized carbons (Fsp3) is 0.636. The molecule has 3 rings (SSSR count). The van der Waals surface area contributed by atoms with Gasteiger partial charge in [-0.3, -0.25) is 9.59 Å². The minimum absolute atomic E-state index is 0.0816. The van der Waals surface area contributed by atoms with E-state index in [4.69, 9.17) is 4.74 Å². The molecule has 2 fully saturated rings. The third-order valence-electron chi connectivity index (χ3n) is 6.65. The van der Waals surface area contributed by atoms with E-state index in [-0.39, 0.29) is 23.1 Å². The van der Waals surface area contributed by atoms with Crippen molar-refractivity contribution in [2.24, 2.45) is 11.3 Å². The van der Waals surface area contributed by atoms with E-state index in [2.05, 4.69) is 18.7 Å². The van der Waals surface area contributed by atoms with Crippen molar-refractivity contribution in [3.05, 3.63) is 29.8 Å². The summed E-state index contributed by atoms with van der Waals surface area (Å²) in [6.45, 7) is 7.20. The van der Waals surface area contributed by atoms with Crippen LogP contribution in [0.1, 0.15) is 51.5 Å². The first-order valence-electron chi connectivity index (χ1n) is 10.2. The van der Waals surface area contributed by atoms with Crippen LogP contribution in [0.15, 0.2) is 24.3 Å². The number of rotatable bonds is 6. The maximum atomic E-state index is 13.1. The first-order chi connectivity index (χ1) is 13.0. The van der Waals surface area contributed by atoms with Crippen LogP contribution in [0.4, 0.5) is 0 Å². The molecule has 2 aliphatic heterocycles. The van der Waals surface area contributed by atoms with E-state index in [0.717, 1.165) is 43.7 Å². The summed E-state index contributed by atoms with van der Waals surface area (Å²) in [5.41, 5.74) is 1.27.